The average molecular weight is 273 g/mol. The zero-order chi connectivity index (χ0) is 14.1. The number of piperidine rings is 1. The molecule has 0 saturated carbocycles. The number of carbonyl (C=O) groups excluding carboxylic acids is 1. The van der Waals surface area contributed by atoms with E-state index in [0.29, 0.717) is 6.04 Å². The number of para-hydroxylation sites is 1. The molecule has 1 aromatic rings. The van der Waals surface area contributed by atoms with Crippen molar-refractivity contribution in [2.24, 2.45) is 0 Å². The quantitative estimate of drug-likeness (QED) is 0.888. The Bertz CT molecular complexity index is 469. The maximum absolute atomic E-state index is 12.6. The van der Waals surface area contributed by atoms with E-state index in [1.54, 1.807) is 0 Å². The average Bonchev–Trinajstić information content (AvgIpc) is 2.90. The van der Waals surface area contributed by atoms with Gasteiger partial charge in [0.1, 0.15) is 6.04 Å². The molecule has 0 spiro atoms. The Hall–Kier alpha value is -1.55. The summed E-state index contributed by atoms with van der Waals surface area (Å²) in [6, 6.07) is 8.51. The normalized spacial score (nSPS) is 23.2. The SMILES string of the molecule is CN1CCC(N(C)C(=O)C2Cc3ccccc3N2)CC1. The fourth-order valence-electron chi connectivity index (χ4n) is 3.25. The first-order valence-electron chi connectivity index (χ1n) is 7.45. The highest BCUT2D eigenvalue weighted by Gasteiger charge is 2.32. The summed E-state index contributed by atoms with van der Waals surface area (Å²) in [5.41, 5.74) is 2.37. The van der Waals surface area contributed by atoms with Crippen LogP contribution in [0.15, 0.2) is 24.3 Å². The number of hydrogen-bond donors (Lipinski definition) is 1. The molecular weight excluding hydrogens is 250 g/mol. The predicted octanol–water partition coefficient (Wildman–Crippen LogP) is 1.58. The van der Waals surface area contributed by atoms with Crippen LogP contribution in [-0.2, 0) is 11.2 Å². The van der Waals surface area contributed by atoms with Gasteiger partial charge in [-0.1, -0.05) is 18.2 Å². The summed E-state index contributed by atoms with van der Waals surface area (Å²) in [7, 11) is 4.11. The molecule has 2 aliphatic rings. The van der Waals surface area contributed by atoms with Crippen molar-refractivity contribution in [2.75, 3.05) is 32.5 Å². The minimum atomic E-state index is -0.0861. The predicted molar refractivity (Wildman–Crippen MR) is 80.8 cm³/mol. The Balaban J connectivity index is 1.63. The second kappa shape index (κ2) is 5.44. The zero-order valence-electron chi connectivity index (χ0n) is 12.3. The van der Waals surface area contributed by atoms with Crippen molar-refractivity contribution in [3.63, 3.8) is 0 Å². The first-order valence-corrected chi connectivity index (χ1v) is 7.45. The molecule has 1 saturated heterocycles. The van der Waals surface area contributed by atoms with E-state index >= 15 is 0 Å². The van der Waals surface area contributed by atoms with Gasteiger partial charge in [0.15, 0.2) is 0 Å². The van der Waals surface area contributed by atoms with Crippen molar-refractivity contribution in [2.45, 2.75) is 31.3 Å². The summed E-state index contributed by atoms with van der Waals surface area (Å²) < 4.78 is 0. The lowest BCUT2D eigenvalue weighted by atomic mass is 10.0. The van der Waals surface area contributed by atoms with Gasteiger partial charge < -0.3 is 15.1 Å². The van der Waals surface area contributed by atoms with Crippen LogP contribution in [0.1, 0.15) is 18.4 Å². The maximum Gasteiger partial charge on any atom is 0.245 e. The summed E-state index contributed by atoms with van der Waals surface area (Å²) in [5.74, 6) is 0.232. The van der Waals surface area contributed by atoms with Crippen LogP contribution in [0.4, 0.5) is 5.69 Å². The van der Waals surface area contributed by atoms with Crippen molar-refractivity contribution in [3.8, 4) is 0 Å². The molecule has 4 nitrogen and oxygen atoms in total. The minimum absolute atomic E-state index is 0.0861. The monoisotopic (exact) mass is 273 g/mol. The van der Waals surface area contributed by atoms with Gasteiger partial charge in [-0.2, -0.15) is 0 Å². The summed E-state index contributed by atoms with van der Waals surface area (Å²) in [4.78, 5) is 16.9. The number of amides is 1. The number of carbonyl (C=O) groups is 1. The van der Waals surface area contributed by atoms with Crippen LogP contribution in [0.2, 0.25) is 0 Å². The van der Waals surface area contributed by atoms with E-state index in [1.165, 1.54) is 5.56 Å². The number of nitrogens with zero attached hydrogens (tertiary/aromatic N) is 2. The van der Waals surface area contributed by atoms with E-state index in [2.05, 4.69) is 29.4 Å². The number of rotatable bonds is 2. The van der Waals surface area contributed by atoms with Gasteiger partial charge in [-0.05, 0) is 44.6 Å². The third kappa shape index (κ3) is 2.52. The molecule has 2 aliphatic heterocycles. The highest BCUT2D eigenvalue weighted by molar-refractivity contribution is 5.87. The molecule has 0 bridgehead atoms. The smallest absolute Gasteiger partial charge is 0.245 e. The second-order valence-corrected chi connectivity index (χ2v) is 6.04. The van der Waals surface area contributed by atoms with Gasteiger partial charge in [-0.3, -0.25) is 4.79 Å². The number of likely N-dealkylation sites (tertiary alicyclic amines) is 1. The fourth-order valence-corrected chi connectivity index (χ4v) is 3.25. The number of anilines is 1. The third-order valence-electron chi connectivity index (χ3n) is 4.65. The first-order chi connectivity index (χ1) is 9.65. The van der Waals surface area contributed by atoms with Crippen molar-refractivity contribution in [3.05, 3.63) is 29.8 Å². The summed E-state index contributed by atoms with van der Waals surface area (Å²) in [6.07, 6.45) is 2.97. The van der Waals surface area contributed by atoms with Gasteiger partial charge >= 0.3 is 0 Å². The number of benzene rings is 1. The topological polar surface area (TPSA) is 35.6 Å². The molecule has 1 aromatic carbocycles. The molecular formula is C16H23N3O. The Morgan fingerprint density at radius 3 is 2.70 bits per heavy atom. The van der Waals surface area contributed by atoms with Gasteiger partial charge in [-0.25, -0.2) is 0 Å². The molecule has 2 heterocycles. The Kier molecular flexibility index (Phi) is 3.66. The molecule has 1 fully saturated rings. The van der Waals surface area contributed by atoms with Gasteiger partial charge in [0.25, 0.3) is 0 Å². The molecule has 4 heteroatoms. The lowest BCUT2D eigenvalue weighted by molar-refractivity contribution is -0.133. The number of fused-ring (bicyclic) bond motifs is 1. The molecule has 0 aromatic heterocycles. The van der Waals surface area contributed by atoms with E-state index in [9.17, 15) is 4.79 Å². The summed E-state index contributed by atoms with van der Waals surface area (Å²) >= 11 is 0. The molecule has 1 amide bonds. The largest absolute Gasteiger partial charge is 0.373 e. The summed E-state index contributed by atoms with van der Waals surface area (Å²) in [5, 5.41) is 3.36. The van der Waals surface area contributed by atoms with Crippen LogP contribution < -0.4 is 5.32 Å². The second-order valence-electron chi connectivity index (χ2n) is 6.04. The third-order valence-corrected chi connectivity index (χ3v) is 4.65. The van der Waals surface area contributed by atoms with Crippen molar-refractivity contribution in [1.29, 1.82) is 0 Å². The Morgan fingerprint density at radius 2 is 2.00 bits per heavy atom. The van der Waals surface area contributed by atoms with Crippen LogP contribution in [0.3, 0.4) is 0 Å². The fraction of sp³-hybridized carbons (Fsp3) is 0.562. The van der Waals surface area contributed by atoms with E-state index < -0.39 is 0 Å². The van der Waals surface area contributed by atoms with Gasteiger partial charge in [-0.15, -0.1) is 0 Å². The van der Waals surface area contributed by atoms with Crippen LogP contribution >= 0.6 is 0 Å². The molecule has 20 heavy (non-hydrogen) atoms. The van der Waals surface area contributed by atoms with Crippen LogP contribution in [0.5, 0.6) is 0 Å². The highest BCUT2D eigenvalue weighted by atomic mass is 16.2. The van der Waals surface area contributed by atoms with E-state index in [-0.39, 0.29) is 11.9 Å². The summed E-state index contributed by atoms with van der Waals surface area (Å²) in [6.45, 7) is 2.17. The van der Waals surface area contributed by atoms with Crippen LogP contribution in [0, 0.1) is 0 Å². The molecule has 108 valence electrons. The standard InChI is InChI=1S/C16H23N3O/c1-18-9-7-13(8-10-18)19(2)16(20)15-11-12-5-3-4-6-14(12)17-15/h3-6,13,15,17H,7-11H2,1-2H3. The lowest BCUT2D eigenvalue weighted by Gasteiger charge is -2.36. The minimum Gasteiger partial charge on any atom is -0.373 e. The van der Waals surface area contributed by atoms with Crippen molar-refractivity contribution < 1.29 is 4.79 Å². The molecule has 1 N–H and O–H groups in total. The van der Waals surface area contributed by atoms with Crippen LogP contribution in [-0.4, -0.2) is 55.0 Å². The van der Waals surface area contributed by atoms with Crippen LogP contribution in [0.25, 0.3) is 0 Å². The Morgan fingerprint density at radius 1 is 1.30 bits per heavy atom. The Labute approximate surface area is 120 Å². The number of likely N-dealkylation sites (N-methyl/N-ethyl adjacent to an activating group) is 1. The van der Waals surface area contributed by atoms with Gasteiger partial charge in [0, 0.05) is 25.2 Å². The van der Waals surface area contributed by atoms with Crippen molar-refractivity contribution in [1.82, 2.24) is 9.80 Å². The van der Waals surface area contributed by atoms with E-state index in [1.807, 2.05) is 24.1 Å². The van der Waals surface area contributed by atoms with Gasteiger partial charge in [0.2, 0.25) is 5.91 Å². The molecule has 3 rings (SSSR count). The highest BCUT2D eigenvalue weighted by Crippen LogP contribution is 2.26. The number of hydrogen-bond acceptors (Lipinski definition) is 3. The molecule has 1 unspecified atom stereocenters. The van der Waals surface area contributed by atoms with E-state index in [0.717, 1.165) is 38.0 Å². The first kappa shape index (κ1) is 13.4. The van der Waals surface area contributed by atoms with Gasteiger partial charge in [0.05, 0.1) is 0 Å². The van der Waals surface area contributed by atoms with Crippen molar-refractivity contribution >= 4 is 11.6 Å². The maximum atomic E-state index is 12.6. The van der Waals surface area contributed by atoms with E-state index in [4.69, 9.17) is 0 Å². The molecule has 1 atom stereocenters. The molecule has 0 radical (unpaired) electrons. The molecule has 0 aliphatic carbocycles. The zero-order valence-corrected chi connectivity index (χ0v) is 12.3. The lowest BCUT2D eigenvalue weighted by Crippen LogP contribution is -2.49. The number of nitrogens with one attached hydrogen (secondary N) is 1.